The second-order valence-corrected chi connectivity index (χ2v) is 4.31. The molecule has 2 heteroatoms. The van der Waals surface area contributed by atoms with Crippen LogP contribution >= 0.6 is 0 Å². The first-order valence-corrected chi connectivity index (χ1v) is 5.76. The Morgan fingerprint density at radius 2 is 2.00 bits per heavy atom. The van der Waals surface area contributed by atoms with Crippen molar-refractivity contribution in [2.75, 3.05) is 6.61 Å². The summed E-state index contributed by atoms with van der Waals surface area (Å²) in [5, 5.41) is 9.27. The number of aromatic hydroxyl groups is 1. The molecule has 1 saturated carbocycles. The number of hydrogen-bond donors (Lipinski definition) is 1. The molecule has 0 heterocycles. The van der Waals surface area contributed by atoms with Crippen LogP contribution in [0.2, 0.25) is 0 Å². The molecule has 0 amide bonds. The Kier molecular flexibility index (Phi) is 3.49. The number of hydrogen-bond acceptors (Lipinski definition) is 2. The van der Waals surface area contributed by atoms with Gasteiger partial charge in [-0.1, -0.05) is 25.3 Å². The monoisotopic (exact) mass is 206 g/mol. The first-order chi connectivity index (χ1) is 7.34. The third kappa shape index (κ3) is 3.15. The van der Waals surface area contributed by atoms with Crippen molar-refractivity contribution in [2.24, 2.45) is 5.92 Å². The van der Waals surface area contributed by atoms with Crippen LogP contribution in [0.3, 0.4) is 0 Å². The fourth-order valence-electron chi connectivity index (χ4n) is 2.14. The molecule has 1 aliphatic rings. The first kappa shape index (κ1) is 10.3. The van der Waals surface area contributed by atoms with E-state index in [1.807, 2.05) is 12.1 Å². The minimum absolute atomic E-state index is 0.274. The van der Waals surface area contributed by atoms with Crippen LogP contribution in [-0.2, 0) is 0 Å². The van der Waals surface area contributed by atoms with Gasteiger partial charge in [0, 0.05) is 6.07 Å². The van der Waals surface area contributed by atoms with Gasteiger partial charge in [0.05, 0.1) is 6.61 Å². The molecule has 0 saturated heterocycles. The van der Waals surface area contributed by atoms with E-state index in [9.17, 15) is 5.11 Å². The van der Waals surface area contributed by atoms with Gasteiger partial charge in [-0.15, -0.1) is 0 Å². The van der Waals surface area contributed by atoms with Gasteiger partial charge >= 0.3 is 0 Å². The molecule has 1 N–H and O–H groups in total. The highest BCUT2D eigenvalue weighted by atomic mass is 16.5. The Morgan fingerprint density at radius 3 is 2.73 bits per heavy atom. The van der Waals surface area contributed by atoms with Gasteiger partial charge in [0.1, 0.15) is 11.5 Å². The van der Waals surface area contributed by atoms with Gasteiger partial charge in [-0.05, 0) is 30.9 Å². The molecule has 0 aliphatic heterocycles. The zero-order valence-electron chi connectivity index (χ0n) is 8.98. The van der Waals surface area contributed by atoms with Crippen molar-refractivity contribution in [3.63, 3.8) is 0 Å². The Hall–Kier alpha value is -1.18. The molecule has 0 aromatic heterocycles. The van der Waals surface area contributed by atoms with Crippen LogP contribution in [-0.4, -0.2) is 11.7 Å². The lowest BCUT2D eigenvalue weighted by atomic mass is 9.90. The number of rotatable bonds is 3. The summed E-state index contributed by atoms with van der Waals surface area (Å²) in [5.41, 5.74) is 0. The molecule has 82 valence electrons. The van der Waals surface area contributed by atoms with Gasteiger partial charge in [0.2, 0.25) is 0 Å². The van der Waals surface area contributed by atoms with Crippen LogP contribution < -0.4 is 4.74 Å². The van der Waals surface area contributed by atoms with Crippen LogP contribution in [0.15, 0.2) is 24.3 Å². The third-order valence-corrected chi connectivity index (χ3v) is 3.03. The van der Waals surface area contributed by atoms with E-state index in [0.717, 1.165) is 12.4 Å². The van der Waals surface area contributed by atoms with Crippen molar-refractivity contribution in [2.45, 2.75) is 32.1 Å². The summed E-state index contributed by atoms with van der Waals surface area (Å²) in [7, 11) is 0. The maximum absolute atomic E-state index is 9.27. The van der Waals surface area contributed by atoms with Crippen molar-refractivity contribution in [3.8, 4) is 11.5 Å². The largest absolute Gasteiger partial charge is 0.508 e. The summed E-state index contributed by atoms with van der Waals surface area (Å²) in [6, 6.07) is 7.03. The highest BCUT2D eigenvalue weighted by Crippen LogP contribution is 2.25. The van der Waals surface area contributed by atoms with Crippen LogP contribution in [0.1, 0.15) is 32.1 Å². The number of phenolic OH excluding ortho intramolecular Hbond substituents is 1. The second-order valence-electron chi connectivity index (χ2n) is 4.31. The maximum atomic E-state index is 9.27. The highest BCUT2D eigenvalue weighted by Gasteiger charge is 2.13. The standard InChI is InChI=1S/C13H18O2/c14-12-7-4-8-13(9-12)15-10-11-5-2-1-3-6-11/h4,7-9,11,14H,1-3,5-6,10H2. The second kappa shape index (κ2) is 5.06. The quantitative estimate of drug-likeness (QED) is 0.821. The highest BCUT2D eigenvalue weighted by molar-refractivity contribution is 5.31. The number of ether oxygens (including phenoxy) is 1. The normalized spacial score (nSPS) is 17.6. The molecular weight excluding hydrogens is 188 g/mol. The molecule has 2 nitrogen and oxygen atoms in total. The SMILES string of the molecule is Oc1cccc(OCC2CCCCC2)c1. The Labute approximate surface area is 90.9 Å². The summed E-state index contributed by atoms with van der Waals surface area (Å²) in [6.07, 6.45) is 6.64. The lowest BCUT2D eigenvalue weighted by Gasteiger charge is -2.21. The van der Waals surface area contributed by atoms with E-state index in [2.05, 4.69) is 0 Å². The minimum Gasteiger partial charge on any atom is -0.508 e. The Balaban J connectivity index is 1.81. The van der Waals surface area contributed by atoms with Gasteiger partial charge in [0.15, 0.2) is 0 Å². The molecule has 15 heavy (non-hydrogen) atoms. The molecule has 0 spiro atoms. The fraction of sp³-hybridized carbons (Fsp3) is 0.538. The zero-order valence-corrected chi connectivity index (χ0v) is 8.98. The van der Waals surface area contributed by atoms with Crippen molar-refractivity contribution >= 4 is 0 Å². The zero-order chi connectivity index (χ0) is 10.5. The van der Waals surface area contributed by atoms with Gasteiger partial charge in [-0.2, -0.15) is 0 Å². The van der Waals surface area contributed by atoms with Gasteiger partial charge < -0.3 is 9.84 Å². The smallest absolute Gasteiger partial charge is 0.122 e. The predicted molar refractivity (Wildman–Crippen MR) is 60.2 cm³/mol. The molecule has 1 aromatic carbocycles. The number of benzene rings is 1. The van der Waals surface area contributed by atoms with Crippen molar-refractivity contribution in [3.05, 3.63) is 24.3 Å². The molecule has 2 rings (SSSR count). The molecule has 1 aliphatic carbocycles. The molecule has 0 atom stereocenters. The van der Waals surface area contributed by atoms with Gasteiger partial charge in [-0.3, -0.25) is 0 Å². The summed E-state index contributed by atoms with van der Waals surface area (Å²) in [6.45, 7) is 0.795. The average Bonchev–Trinajstić information content (AvgIpc) is 2.28. The average molecular weight is 206 g/mol. The van der Waals surface area contributed by atoms with E-state index in [1.165, 1.54) is 32.1 Å². The molecule has 1 fully saturated rings. The van der Waals surface area contributed by atoms with E-state index < -0.39 is 0 Å². The Bertz CT molecular complexity index is 303. The van der Waals surface area contributed by atoms with E-state index in [0.29, 0.717) is 5.92 Å². The van der Waals surface area contributed by atoms with Crippen molar-refractivity contribution in [1.82, 2.24) is 0 Å². The van der Waals surface area contributed by atoms with Gasteiger partial charge in [0.25, 0.3) is 0 Å². The summed E-state index contributed by atoms with van der Waals surface area (Å²) in [4.78, 5) is 0. The van der Waals surface area contributed by atoms with Crippen LogP contribution in [0, 0.1) is 5.92 Å². The maximum Gasteiger partial charge on any atom is 0.122 e. The van der Waals surface area contributed by atoms with Crippen molar-refractivity contribution in [1.29, 1.82) is 0 Å². The van der Waals surface area contributed by atoms with E-state index in [-0.39, 0.29) is 5.75 Å². The van der Waals surface area contributed by atoms with E-state index in [4.69, 9.17) is 4.74 Å². The minimum atomic E-state index is 0.274. The number of phenols is 1. The molecule has 0 unspecified atom stereocenters. The van der Waals surface area contributed by atoms with Gasteiger partial charge in [-0.25, -0.2) is 0 Å². The molecule has 0 bridgehead atoms. The van der Waals surface area contributed by atoms with Crippen LogP contribution in [0.25, 0.3) is 0 Å². The molecular formula is C13H18O2. The summed E-state index contributed by atoms with van der Waals surface area (Å²) >= 11 is 0. The van der Waals surface area contributed by atoms with E-state index in [1.54, 1.807) is 12.1 Å². The first-order valence-electron chi connectivity index (χ1n) is 5.76. The van der Waals surface area contributed by atoms with Crippen molar-refractivity contribution < 1.29 is 9.84 Å². The molecule has 1 aromatic rings. The lowest BCUT2D eigenvalue weighted by Crippen LogP contribution is -2.15. The topological polar surface area (TPSA) is 29.5 Å². The predicted octanol–water partition coefficient (Wildman–Crippen LogP) is 3.35. The molecule has 0 radical (unpaired) electrons. The summed E-state index contributed by atoms with van der Waals surface area (Å²) < 4.78 is 5.67. The lowest BCUT2D eigenvalue weighted by molar-refractivity contribution is 0.208. The van der Waals surface area contributed by atoms with Crippen LogP contribution in [0.4, 0.5) is 0 Å². The Morgan fingerprint density at radius 1 is 1.20 bits per heavy atom. The van der Waals surface area contributed by atoms with E-state index >= 15 is 0 Å². The van der Waals surface area contributed by atoms with Crippen LogP contribution in [0.5, 0.6) is 11.5 Å². The summed E-state index contributed by atoms with van der Waals surface area (Å²) in [5.74, 6) is 1.76. The third-order valence-electron chi connectivity index (χ3n) is 3.03. The fourth-order valence-corrected chi connectivity index (χ4v) is 2.14.